The van der Waals surface area contributed by atoms with Crippen LogP contribution in [0.15, 0.2) is 42.4 Å². The second-order valence-electron chi connectivity index (χ2n) is 8.71. The summed E-state index contributed by atoms with van der Waals surface area (Å²) >= 11 is 0. The molecule has 6 heteroatoms. The number of benzene rings is 1. The van der Waals surface area contributed by atoms with Crippen LogP contribution in [0.4, 0.5) is 5.95 Å². The van der Waals surface area contributed by atoms with E-state index in [0.717, 1.165) is 69.1 Å². The largest absolute Gasteiger partial charge is 0.398 e. The number of allylic oxidation sites excluding steroid dienone is 1. The number of fused-ring (bicyclic) bond motifs is 1. The van der Waals surface area contributed by atoms with Gasteiger partial charge in [0.1, 0.15) is 0 Å². The second kappa shape index (κ2) is 8.11. The third kappa shape index (κ3) is 4.05. The SMILES string of the molecule is Cc1ccc2[nH]cc(CNCC3CCN(c4ncc(C(N)=C5CC5)cn4)CC3)c2c1. The summed E-state index contributed by atoms with van der Waals surface area (Å²) in [5.74, 6) is 1.52. The van der Waals surface area contributed by atoms with Gasteiger partial charge in [-0.1, -0.05) is 11.6 Å². The first-order valence-electron chi connectivity index (χ1n) is 11.0. The van der Waals surface area contributed by atoms with Gasteiger partial charge in [0.05, 0.1) is 0 Å². The lowest BCUT2D eigenvalue weighted by molar-refractivity contribution is 0.380. The number of hydrogen-bond acceptors (Lipinski definition) is 5. The zero-order valence-corrected chi connectivity index (χ0v) is 17.6. The minimum atomic E-state index is 0.697. The molecule has 2 aliphatic rings. The molecule has 1 aliphatic heterocycles. The topological polar surface area (TPSA) is 82.9 Å². The van der Waals surface area contributed by atoms with Crippen molar-refractivity contribution in [1.82, 2.24) is 20.3 Å². The van der Waals surface area contributed by atoms with Crippen molar-refractivity contribution >= 4 is 22.5 Å². The van der Waals surface area contributed by atoms with E-state index < -0.39 is 0 Å². The zero-order chi connectivity index (χ0) is 20.5. The van der Waals surface area contributed by atoms with Crippen LogP contribution in [-0.4, -0.2) is 34.6 Å². The van der Waals surface area contributed by atoms with E-state index in [0.29, 0.717) is 5.92 Å². The van der Waals surface area contributed by atoms with Crippen molar-refractivity contribution in [1.29, 1.82) is 0 Å². The maximum absolute atomic E-state index is 6.14. The molecule has 1 saturated heterocycles. The molecule has 1 aromatic carbocycles. The number of rotatable bonds is 6. The van der Waals surface area contributed by atoms with E-state index in [1.807, 2.05) is 12.4 Å². The predicted octanol–water partition coefficient (Wildman–Crippen LogP) is 3.74. The summed E-state index contributed by atoms with van der Waals surface area (Å²) in [5.41, 5.74) is 13.2. The maximum atomic E-state index is 6.14. The smallest absolute Gasteiger partial charge is 0.225 e. The molecule has 30 heavy (non-hydrogen) atoms. The lowest BCUT2D eigenvalue weighted by Gasteiger charge is -2.32. The Labute approximate surface area is 177 Å². The lowest BCUT2D eigenvalue weighted by Crippen LogP contribution is -2.38. The van der Waals surface area contributed by atoms with Crippen molar-refractivity contribution in [3.63, 3.8) is 0 Å². The molecule has 6 nitrogen and oxygen atoms in total. The van der Waals surface area contributed by atoms with Crippen molar-refractivity contribution in [3.05, 3.63) is 59.1 Å². The van der Waals surface area contributed by atoms with Gasteiger partial charge in [-0.05, 0) is 68.3 Å². The highest BCUT2D eigenvalue weighted by Gasteiger charge is 2.22. The normalized spacial score (nSPS) is 17.0. The summed E-state index contributed by atoms with van der Waals surface area (Å²) in [4.78, 5) is 14.8. The Bertz CT molecular complexity index is 1050. The van der Waals surface area contributed by atoms with E-state index >= 15 is 0 Å². The average molecular weight is 403 g/mol. The van der Waals surface area contributed by atoms with Gasteiger partial charge in [0, 0.05) is 60.4 Å². The molecule has 0 bridgehead atoms. The molecule has 1 aliphatic carbocycles. The number of nitrogens with two attached hydrogens (primary N) is 1. The van der Waals surface area contributed by atoms with Crippen molar-refractivity contribution in [2.24, 2.45) is 11.7 Å². The van der Waals surface area contributed by atoms with Gasteiger partial charge in [-0.15, -0.1) is 0 Å². The monoisotopic (exact) mass is 402 g/mol. The Morgan fingerprint density at radius 2 is 1.97 bits per heavy atom. The van der Waals surface area contributed by atoms with Gasteiger partial charge in [-0.3, -0.25) is 0 Å². The number of aromatic amines is 1. The number of aryl methyl sites for hydroxylation is 1. The van der Waals surface area contributed by atoms with Crippen LogP contribution < -0.4 is 16.0 Å². The highest BCUT2D eigenvalue weighted by Crippen LogP contribution is 2.33. The quantitative estimate of drug-likeness (QED) is 0.585. The minimum Gasteiger partial charge on any atom is -0.398 e. The fraction of sp³-hybridized carbons (Fsp3) is 0.417. The number of anilines is 1. The molecule has 4 N–H and O–H groups in total. The molecule has 2 aromatic heterocycles. The van der Waals surface area contributed by atoms with Crippen molar-refractivity contribution in [3.8, 4) is 0 Å². The molecule has 2 fully saturated rings. The lowest BCUT2D eigenvalue weighted by atomic mass is 9.97. The average Bonchev–Trinajstić information content (AvgIpc) is 3.56. The summed E-state index contributed by atoms with van der Waals surface area (Å²) in [6.07, 6.45) is 10.4. The summed E-state index contributed by atoms with van der Waals surface area (Å²) in [6, 6.07) is 6.58. The number of aromatic nitrogens is 3. The Balaban J connectivity index is 1.11. The van der Waals surface area contributed by atoms with Gasteiger partial charge in [0.2, 0.25) is 5.95 Å². The number of nitrogens with one attached hydrogen (secondary N) is 2. The molecule has 1 saturated carbocycles. The third-order valence-electron chi connectivity index (χ3n) is 6.40. The highest BCUT2D eigenvalue weighted by atomic mass is 15.2. The fourth-order valence-electron chi connectivity index (χ4n) is 4.35. The summed E-state index contributed by atoms with van der Waals surface area (Å²) < 4.78 is 0. The van der Waals surface area contributed by atoms with E-state index in [2.05, 4.69) is 56.5 Å². The Morgan fingerprint density at radius 1 is 1.20 bits per heavy atom. The second-order valence-corrected chi connectivity index (χ2v) is 8.71. The molecule has 0 amide bonds. The molecule has 0 spiro atoms. The van der Waals surface area contributed by atoms with Gasteiger partial charge >= 0.3 is 0 Å². The first-order valence-corrected chi connectivity index (χ1v) is 11.0. The van der Waals surface area contributed by atoms with Crippen molar-refractivity contribution in [2.45, 2.75) is 39.2 Å². The Kier molecular flexibility index (Phi) is 5.17. The molecule has 3 heterocycles. The fourth-order valence-corrected chi connectivity index (χ4v) is 4.35. The molecular formula is C24H30N6. The van der Waals surface area contributed by atoms with Crippen LogP contribution in [0.1, 0.15) is 42.4 Å². The molecule has 0 radical (unpaired) electrons. The van der Waals surface area contributed by atoms with Crippen LogP contribution in [0.3, 0.4) is 0 Å². The summed E-state index contributed by atoms with van der Waals surface area (Å²) in [5, 5.41) is 5.00. The van der Waals surface area contributed by atoms with E-state index in [-0.39, 0.29) is 0 Å². The van der Waals surface area contributed by atoms with E-state index in [9.17, 15) is 0 Å². The van der Waals surface area contributed by atoms with Crippen LogP contribution >= 0.6 is 0 Å². The van der Waals surface area contributed by atoms with Crippen LogP contribution in [0.25, 0.3) is 16.6 Å². The highest BCUT2D eigenvalue weighted by molar-refractivity contribution is 5.83. The molecule has 5 rings (SSSR count). The first-order chi connectivity index (χ1) is 14.7. The van der Waals surface area contributed by atoms with E-state index in [4.69, 9.17) is 5.73 Å². The molecule has 0 atom stereocenters. The summed E-state index contributed by atoms with van der Waals surface area (Å²) in [7, 11) is 0. The number of nitrogens with zero attached hydrogens (tertiary/aromatic N) is 3. The molecule has 3 aromatic rings. The van der Waals surface area contributed by atoms with Crippen LogP contribution in [0.2, 0.25) is 0 Å². The number of hydrogen-bond donors (Lipinski definition) is 3. The van der Waals surface area contributed by atoms with Crippen LogP contribution in [-0.2, 0) is 6.54 Å². The predicted molar refractivity (Wildman–Crippen MR) is 122 cm³/mol. The standard InChI is InChI=1S/C24H30N6/c1-16-2-5-22-21(10-16)19(13-27-22)12-26-11-17-6-8-30(9-7-17)24-28-14-20(15-29-24)23(25)18-3-4-18/h2,5,10,13-15,17,26-27H,3-4,6-9,11-12,25H2,1H3. The zero-order valence-electron chi connectivity index (χ0n) is 17.6. The number of piperidine rings is 1. The Morgan fingerprint density at radius 3 is 2.70 bits per heavy atom. The van der Waals surface area contributed by atoms with Crippen molar-refractivity contribution < 1.29 is 0 Å². The van der Waals surface area contributed by atoms with Gasteiger partial charge in [-0.25, -0.2) is 9.97 Å². The van der Waals surface area contributed by atoms with Crippen LogP contribution in [0, 0.1) is 12.8 Å². The maximum Gasteiger partial charge on any atom is 0.225 e. The molecule has 0 unspecified atom stereocenters. The molecular weight excluding hydrogens is 372 g/mol. The van der Waals surface area contributed by atoms with Gasteiger partial charge < -0.3 is 20.9 Å². The van der Waals surface area contributed by atoms with Gasteiger partial charge in [-0.2, -0.15) is 0 Å². The van der Waals surface area contributed by atoms with Crippen molar-refractivity contribution in [2.75, 3.05) is 24.5 Å². The third-order valence-corrected chi connectivity index (χ3v) is 6.40. The van der Waals surface area contributed by atoms with Gasteiger partial charge in [0.25, 0.3) is 0 Å². The summed E-state index contributed by atoms with van der Waals surface area (Å²) in [6.45, 7) is 6.12. The van der Waals surface area contributed by atoms with E-state index in [1.165, 1.54) is 27.6 Å². The number of H-pyrrole nitrogens is 1. The van der Waals surface area contributed by atoms with Gasteiger partial charge in [0.15, 0.2) is 0 Å². The molecule has 156 valence electrons. The first kappa shape index (κ1) is 19.1. The Hall–Kier alpha value is -2.86. The minimum absolute atomic E-state index is 0.697. The van der Waals surface area contributed by atoms with Crippen LogP contribution in [0.5, 0.6) is 0 Å². The van der Waals surface area contributed by atoms with E-state index in [1.54, 1.807) is 0 Å².